The van der Waals surface area contributed by atoms with E-state index in [-0.39, 0.29) is 30.7 Å². The monoisotopic (exact) mass is 425 g/mol. The lowest BCUT2D eigenvalue weighted by atomic mass is 10.1. The van der Waals surface area contributed by atoms with Gasteiger partial charge in [0, 0.05) is 36.6 Å². The Labute approximate surface area is 181 Å². The first-order valence-corrected chi connectivity index (χ1v) is 11.3. The van der Waals surface area contributed by atoms with Crippen molar-refractivity contribution in [1.29, 1.82) is 0 Å². The van der Waals surface area contributed by atoms with Crippen molar-refractivity contribution in [3.8, 4) is 0 Å². The second-order valence-corrected chi connectivity index (χ2v) is 8.09. The number of hydrogen-bond donors (Lipinski definition) is 1. The smallest absolute Gasteiger partial charge is 0.242 e. The number of amides is 3. The van der Waals surface area contributed by atoms with Crippen molar-refractivity contribution in [1.82, 2.24) is 10.2 Å². The van der Waals surface area contributed by atoms with E-state index in [1.54, 1.807) is 21.6 Å². The molecule has 7 heteroatoms. The van der Waals surface area contributed by atoms with Crippen LogP contribution in [0.3, 0.4) is 0 Å². The number of nitrogens with one attached hydrogen (secondary N) is 1. The number of anilines is 1. The first-order chi connectivity index (χ1) is 14.5. The maximum atomic E-state index is 12.6. The fraction of sp³-hybridized carbons (Fsp3) is 0.348. The Morgan fingerprint density at radius 1 is 1.13 bits per heavy atom. The van der Waals surface area contributed by atoms with Crippen molar-refractivity contribution in [3.63, 3.8) is 0 Å². The van der Waals surface area contributed by atoms with Gasteiger partial charge in [0.1, 0.15) is 0 Å². The molecule has 1 heterocycles. The van der Waals surface area contributed by atoms with E-state index in [9.17, 15) is 14.4 Å². The van der Waals surface area contributed by atoms with Crippen LogP contribution in [0.1, 0.15) is 18.9 Å². The molecule has 0 bridgehead atoms. The second-order valence-electron chi connectivity index (χ2n) is 7.21. The topological polar surface area (TPSA) is 69.7 Å². The van der Waals surface area contributed by atoms with Gasteiger partial charge in [0.15, 0.2) is 0 Å². The standard InChI is InChI=1S/C23H27N3O3S/c1-3-25(15-17-7-5-4-6-8-17)22(28)14-24-23(29)18-13-21(27)26(16-18)19-9-11-20(30-2)12-10-19/h4-12,18H,3,13-16H2,1-2H3,(H,24,29). The zero-order chi connectivity index (χ0) is 21.5. The lowest BCUT2D eigenvalue weighted by molar-refractivity contribution is -0.134. The molecule has 0 saturated carbocycles. The summed E-state index contributed by atoms with van der Waals surface area (Å²) >= 11 is 1.64. The van der Waals surface area contributed by atoms with Gasteiger partial charge in [-0.3, -0.25) is 14.4 Å². The van der Waals surface area contributed by atoms with Crippen molar-refractivity contribution < 1.29 is 14.4 Å². The molecule has 1 atom stereocenters. The maximum Gasteiger partial charge on any atom is 0.242 e. The van der Waals surface area contributed by atoms with E-state index in [0.29, 0.717) is 19.6 Å². The van der Waals surface area contributed by atoms with Gasteiger partial charge in [-0.2, -0.15) is 0 Å². The summed E-state index contributed by atoms with van der Waals surface area (Å²) in [5.41, 5.74) is 1.84. The SMILES string of the molecule is CCN(Cc1ccccc1)C(=O)CNC(=O)C1CC(=O)N(c2ccc(SC)cc2)C1. The molecule has 6 nitrogen and oxygen atoms in total. The number of thioether (sulfide) groups is 1. The Kier molecular flexibility index (Phi) is 7.52. The van der Waals surface area contributed by atoms with E-state index in [1.807, 2.05) is 67.8 Å². The molecule has 1 saturated heterocycles. The molecular weight excluding hydrogens is 398 g/mol. The van der Waals surface area contributed by atoms with Crippen molar-refractivity contribution in [2.75, 3.05) is 30.8 Å². The van der Waals surface area contributed by atoms with Crippen LogP contribution >= 0.6 is 11.8 Å². The van der Waals surface area contributed by atoms with Gasteiger partial charge < -0.3 is 15.1 Å². The quantitative estimate of drug-likeness (QED) is 0.661. The Morgan fingerprint density at radius 3 is 2.47 bits per heavy atom. The fourth-order valence-corrected chi connectivity index (χ4v) is 3.90. The molecule has 2 aromatic carbocycles. The van der Waals surface area contributed by atoms with Crippen LogP contribution in [0.5, 0.6) is 0 Å². The second kappa shape index (κ2) is 10.3. The molecule has 0 radical (unpaired) electrons. The van der Waals surface area contributed by atoms with Crippen LogP contribution in [-0.2, 0) is 20.9 Å². The predicted molar refractivity (Wildman–Crippen MR) is 119 cm³/mol. The zero-order valence-corrected chi connectivity index (χ0v) is 18.2. The van der Waals surface area contributed by atoms with Crippen LogP contribution in [0.15, 0.2) is 59.5 Å². The van der Waals surface area contributed by atoms with E-state index in [2.05, 4.69) is 5.32 Å². The van der Waals surface area contributed by atoms with Crippen LogP contribution in [0, 0.1) is 5.92 Å². The number of likely N-dealkylation sites (N-methyl/N-ethyl adjacent to an activating group) is 1. The minimum absolute atomic E-state index is 0.0629. The number of carbonyl (C=O) groups is 3. The van der Waals surface area contributed by atoms with E-state index in [1.165, 1.54) is 0 Å². The van der Waals surface area contributed by atoms with Gasteiger partial charge in [0.25, 0.3) is 0 Å². The molecule has 1 aliphatic heterocycles. The zero-order valence-electron chi connectivity index (χ0n) is 17.3. The van der Waals surface area contributed by atoms with Crippen molar-refractivity contribution in [2.24, 2.45) is 5.92 Å². The van der Waals surface area contributed by atoms with E-state index >= 15 is 0 Å². The number of rotatable bonds is 8. The minimum atomic E-state index is -0.449. The first kappa shape index (κ1) is 21.9. The highest BCUT2D eigenvalue weighted by atomic mass is 32.2. The Balaban J connectivity index is 1.52. The highest BCUT2D eigenvalue weighted by Gasteiger charge is 2.35. The molecule has 3 rings (SSSR count). The summed E-state index contributed by atoms with van der Waals surface area (Å²) in [5.74, 6) is -0.911. The average molecular weight is 426 g/mol. The first-order valence-electron chi connectivity index (χ1n) is 10.1. The average Bonchev–Trinajstić information content (AvgIpc) is 3.18. The highest BCUT2D eigenvalue weighted by molar-refractivity contribution is 7.98. The summed E-state index contributed by atoms with van der Waals surface area (Å²) in [6.45, 7) is 3.25. The largest absolute Gasteiger partial charge is 0.347 e. The number of hydrogen-bond acceptors (Lipinski definition) is 4. The molecule has 0 aliphatic carbocycles. The van der Waals surface area contributed by atoms with Crippen LogP contribution < -0.4 is 10.2 Å². The fourth-order valence-electron chi connectivity index (χ4n) is 3.49. The Bertz CT molecular complexity index is 886. The summed E-state index contributed by atoms with van der Waals surface area (Å²) in [7, 11) is 0. The van der Waals surface area contributed by atoms with E-state index in [0.717, 1.165) is 16.1 Å². The molecule has 2 aromatic rings. The van der Waals surface area contributed by atoms with Crippen LogP contribution in [0.25, 0.3) is 0 Å². The summed E-state index contributed by atoms with van der Waals surface area (Å²) in [6.07, 6.45) is 2.16. The van der Waals surface area contributed by atoms with Gasteiger partial charge in [-0.25, -0.2) is 0 Å². The number of nitrogens with zero attached hydrogens (tertiary/aromatic N) is 2. The molecule has 158 valence electrons. The van der Waals surface area contributed by atoms with Crippen molar-refractivity contribution in [2.45, 2.75) is 24.8 Å². The van der Waals surface area contributed by atoms with Crippen molar-refractivity contribution in [3.05, 3.63) is 60.2 Å². The lowest BCUT2D eigenvalue weighted by Gasteiger charge is -2.22. The molecule has 3 amide bonds. The third-order valence-electron chi connectivity index (χ3n) is 5.24. The maximum absolute atomic E-state index is 12.6. The summed E-state index contributed by atoms with van der Waals surface area (Å²) in [4.78, 5) is 42.0. The summed E-state index contributed by atoms with van der Waals surface area (Å²) < 4.78 is 0. The predicted octanol–water partition coefficient (Wildman–Crippen LogP) is 2.93. The van der Waals surface area contributed by atoms with Gasteiger partial charge in [-0.05, 0) is 43.0 Å². The summed E-state index contributed by atoms with van der Waals surface area (Å²) in [5, 5.41) is 2.72. The molecule has 0 spiro atoms. The highest BCUT2D eigenvalue weighted by Crippen LogP contribution is 2.27. The molecule has 1 aliphatic rings. The Morgan fingerprint density at radius 2 is 1.83 bits per heavy atom. The number of benzene rings is 2. The van der Waals surface area contributed by atoms with Gasteiger partial charge in [0.05, 0.1) is 12.5 Å². The van der Waals surface area contributed by atoms with Gasteiger partial charge in [-0.1, -0.05) is 30.3 Å². The number of carbonyl (C=O) groups excluding carboxylic acids is 3. The lowest BCUT2D eigenvalue weighted by Crippen LogP contribution is -2.42. The van der Waals surface area contributed by atoms with Crippen LogP contribution in [0.4, 0.5) is 5.69 Å². The van der Waals surface area contributed by atoms with Gasteiger partial charge >= 0.3 is 0 Å². The minimum Gasteiger partial charge on any atom is -0.347 e. The summed E-state index contributed by atoms with van der Waals surface area (Å²) in [6, 6.07) is 17.5. The van der Waals surface area contributed by atoms with E-state index < -0.39 is 5.92 Å². The van der Waals surface area contributed by atoms with Crippen LogP contribution in [-0.4, -0.2) is 48.5 Å². The third-order valence-corrected chi connectivity index (χ3v) is 5.99. The van der Waals surface area contributed by atoms with Crippen LogP contribution in [0.2, 0.25) is 0 Å². The molecule has 0 aromatic heterocycles. The molecule has 1 N–H and O–H groups in total. The molecule has 30 heavy (non-hydrogen) atoms. The molecular formula is C23H27N3O3S. The van der Waals surface area contributed by atoms with E-state index in [4.69, 9.17) is 0 Å². The molecule has 1 unspecified atom stereocenters. The van der Waals surface area contributed by atoms with Crippen molar-refractivity contribution >= 4 is 35.2 Å². The third kappa shape index (κ3) is 5.42. The van der Waals surface area contributed by atoms with Gasteiger partial charge in [-0.15, -0.1) is 11.8 Å². The molecule has 1 fully saturated rings. The Hall–Kier alpha value is -2.80. The van der Waals surface area contributed by atoms with Gasteiger partial charge in [0.2, 0.25) is 17.7 Å². The normalized spacial score (nSPS) is 15.9.